The Hall–Kier alpha value is -3.79. The minimum Gasteiger partial charge on any atom is -0.491 e. The molecule has 190 valence electrons. The first-order valence-electron chi connectivity index (χ1n) is 13.5. The normalized spacial score (nSPS) is 15.0. The second kappa shape index (κ2) is 11.1. The summed E-state index contributed by atoms with van der Waals surface area (Å²) < 4.78 is 8.13. The molecule has 5 rings (SSSR count). The molecule has 0 spiro atoms. The van der Waals surface area contributed by atoms with Gasteiger partial charge in [-0.3, -0.25) is 4.79 Å². The summed E-state index contributed by atoms with van der Waals surface area (Å²) in [6, 6.07) is 22.8. The minimum absolute atomic E-state index is 0.0247. The smallest absolute Gasteiger partial charge is 0.251 e. The highest BCUT2D eigenvalue weighted by molar-refractivity contribution is 6.10. The fourth-order valence-electron chi connectivity index (χ4n) is 5.11. The second-order valence-corrected chi connectivity index (χ2v) is 10.2. The molecule has 0 radical (unpaired) electrons. The molecular weight excluding hydrogens is 456 g/mol. The van der Waals surface area contributed by atoms with Crippen molar-refractivity contribution in [2.75, 3.05) is 6.54 Å². The number of allylic oxidation sites excluding steroid dienone is 2. The molecule has 1 aliphatic rings. The molecule has 3 aromatic carbocycles. The lowest BCUT2D eigenvalue weighted by Gasteiger charge is -2.12. The van der Waals surface area contributed by atoms with Crippen LogP contribution < -0.4 is 10.1 Å². The molecule has 0 fully saturated rings. The number of ether oxygens (including phenoxy) is 1. The molecule has 1 N–H and O–H groups in total. The van der Waals surface area contributed by atoms with E-state index in [-0.39, 0.29) is 17.9 Å². The van der Waals surface area contributed by atoms with Crippen molar-refractivity contribution in [3.63, 3.8) is 0 Å². The van der Waals surface area contributed by atoms with Crippen LogP contribution >= 0.6 is 0 Å². The zero-order chi connectivity index (χ0) is 25.8. The van der Waals surface area contributed by atoms with Crippen molar-refractivity contribution in [1.82, 2.24) is 9.88 Å². The Kier molecular flexibility index (Phi) is 7.45. The van der Waals surface area contributed by atoms with Crippen molar-refractivity contribution < 1.29 is 9.53 Å². The number of unbranched alkanes of at least 4 members (excludes halogenated alkanes) is 1. The summed E-state index contributed by atoms with van der Waals surface area (Å²) in [4.78, 5) is 13.1. The number of amides is 1. The number of hydrogen-bond donors (Lipinski definition) is 1. The predicted molar refractivity (Wildman–Crippen MR) is 153 cm³/mol. The Labute approximate surface area is 219 Å². The third-order valence-electron chi connectivity index (χ3n) is 6.97. The van der Waals surface area contributed by atoms with Gasteiger partial charge in [-0.15, -0.1) is 0 Å². The predicted octanol–water partition coefficient (Wildman–Crippen LogP) is 7.66. The van der Waals surface area contributed by atoms with Crippen LogP contribution in [0.4, 0.5) is 0 Å². The SMILES string of the molecule is CCCCC1=CC(CNC(=O)c2ccc3c(c2)c2ccccc2n3Cc2ccc(OC(C)C)cc2)C=C1. The molecule has 0 bridgehead atoms. The number of benzene rings is 3. The monoisotopic (exact) mass is 492 g/mol. The van der Waals surface area contributed by atoms with E-state index in [0.29, 0.717) is 12.1 Å². The van der Waals surface area contributed by atoms with E-state index in [1.54, 1.807) is 0 Å². The van der Waals surface area contributed by atoms with Crippen LogP contribution in [0.15, 0.2) is 90.5 Å². The zero-order valence-corrected chi connectivity index (χ0v) is 22.0. The van der Waals surface area contributed by atoms with Gasteiger partial charge in [0.1, 0.15) is 5.75 Å². The number of nitrogens with zero attached hydrogens (tertiary/aromatic N) is 1. The van der Waals surface area contributed by atoms with Crippen LogP contribution in [0.5, 0.6) is 5.75 Å². The van der Waals surface area contributed by atoms with E-state index in [1.807, 2.05) is 38.1 Å². The Bertz CT molecular complexity index is 1460. The van der Waals surface area contributed by atoms with E-state index in [2.05, 4.69) is 77.5 Å². The molecule has 37 heavy (non-hydrogen) atoms. The highest BCUT2D eigenvalue weighted by Crippen LogP contribution is 2.31. The van der Waals surface area contributed by atoms with E-state index in [1.165, 1.54) is 29.5 Å². The molecule has 1 aromatic heterocycles. The third-order valence-corrected chi connectivity index (χ3v) is 6.97. The molecule has 1 unspecified atom stereocenters. The van der Waals surface area contributed by atoms with Gasteiger partial charge in [-0.1, -0.05) is 67.5 Å². The molecule has 1 aliphatic carbocycles. The Morgan fingerprint density at radius 1 is 1.00 bits per heavy atom. The van der Waals surface area contributed by atoms with Crippen LogP contribution in [0.1, 0.15) is 56.0 Å². The highest BCUT2D eigenvalue weighted by atomic mass is 16.5. The van der Waals surface area contributed by atoms with Gasteiger partial charge in [0.15, 0.2) is 0 Å². The van der Waals surface area contributed by atoms with Crippen LogP contribution in [0.25, 0.3) is 21.8 Å². The topological polar surface area (TPSA) is 43.3 Å². The van der Waals surface area contributed by atoms with E-state index < -0.39 is 0 Å². The van der Waals surface area contributed by atoms with E-state index >= 15 is 0 Å². The van der Waals surface area contributed by atoms with Gasteiger partial charge >= 0.3 is 0 Å². The molecule has 0 saturated heterocycles. The van der Waals surface area contributed by atoms with Gasteiger partial charge in [-0.2, -0.15) is 0 Å². The molecular formula is C33H36N2O2. The maximum absolute atomic E-state index is 13.1. The van der Waals surface area contributed by atoms with Gasteiger partial charge in [0.05, 0.1) is 6.10 Å². The number of carbonyl (C=O) groups excluding carboxylic acids is 1. The van der Waals surface area contributed by atoms with Crippen LogP contribution in [0, 0.1) is 5.92 Å². The number of nitrogens with one attached hydrogen (secondary N) is 1. The van der Waals surface area contributed by atoms with Gasteiger partial charge in [0, 0.05) is 46.4 Å². The Morgan fingerprint density at radius 2 is 1.78 bits per heavy atom. The third kappa shape index (κ3) is 5.64. The van der Waals surface area contributed by atoms with Gasteiger partial charge in [-0.25, -0.2) is 0 Å². The number of carbonyl (C=O) groups is 1. The average molecular weight is 493 g/mol. The Morgan fingerprint density at radius 3 is 2.57 bits per heavy atom. The maximum Gasteiger partial charge on any atom is 0.251 e. The van der Waals surface area contributed by atoms with Crippen LogP contribution in [0.2, 0.25) is 0 Å². The first kappa shape index (κ1) is 24.9. The first-order valence-corrected chi connectivity index (χ1v) is 13.5. The van der Waals surface area contributed by atoms with Crippen molar-refractivity contribution in [1.29, 1.82) is 0 Å². The number of hydrogen-bond acceptors (Lipinski definition) is 2. The standard InChI is InChI=1S/C33H36N2O2/c1-4-5-8-24-11-12-26(19-24)21-34-33(36)27-15-18-32-30(20-27)29-9-6-7-10-31(29)35(32)22-25-13-16-28(17-14-25)37-23(2)3/h6-7,9-20,23,26H,4-5,8,21-22H2,1-3H3,(H,34,36). The molecule has 1 heterocycles. The van der Waals surface area contributed by atoms with Crippen LogP contribution in [-0.4, -0.2) is 23.1 Å². The van der Waals surface area contributed by atoms with Crippen molar-refractivity contribution >= 4 is 27.7 Å². The average Bonchev–Trinajstić information content (AvgIpc) is 3.49. The lowest BCUT2D eigenvalue weighted by atomic mass is 10.1. The fourth-order valence-corrected chi connectivity index (χ4v) is 5.11. The summed E-state index contributed by atoms with van der Waals surface area (Å²) in [5.74, 6) is 1.14. The summed E-state index contributed by atoms with van der Waals surface area (Å²) in [5, 5.41) is 5.41. The van der Waals surface area contributed by atoms with Gasteiger partial charge in [-0.05, 0) is 68.7 Å². The van der Waals surface area contributed by atoms with Crippen LogP contribution in [-0.2, 0) is 6.54 Å². The Balaban J connectivity index is 1.36. The second-order valence-electron chi connectivity index (χ2n) is 10.2. The first-order chi connectivity index (χ1) is 18.0. The molecule has 4 nitrogen and oxygen atoms in total. The summed E-state index contributed by atoms with van der Waals surface area (Å²) in [5.41, 5.74) is 5.58. The maximum atomic E-state index is 13.1. The van der Waals surface area contributed by atoms with Gasteiger partial charge < -0.3 is 14.6 Å². The molecule has 1 amide bonds. The van der Waals surface area contributed by atoms with Gasteiger partial charge in [0.25, 0.3) is 5.91 Å². The molecule has 4 aromatic rings. The number of fused-ring (bicyclic) bond motifs is 3. The van der Waals surface area contributed by atoms with Crippen molar-refractivity contribution in [3.05, 3.63) is 102 Å². The molecule has 0 aliphatic heterocycles. The number of aromatic nitrogens is 1. The quantitative estimate of drug-likeness (QED) is 0.247. The fraction of sp³-hybridized carbons (Fsp3) is 0.303. The summed E-state index contributed by atoms with van der Waals surface area (Å²) >= 11 is 0. The zero-order valence-electron chi connectivity index (χ0n) is 22.0. The van der Waals surface area contributed by atoms with Crippen molar-refractivity contribution in [3.8, 4) is 5.75 Å². The number of rotatable bonds is 10. The van der Waals surface area contributed by atoms with E-state index in [4.69, 9.17) is 4.74 Å². The largest absolute Gasteiger partial charge is 0.491 e. The number of para-hydroxylation sites is 1. The van der Waals surface area contributed by atoms with Gasteiger partial charge in [0.2, 0.25) is 0 Å². The lowest BCUT2D eigenvalue weighted by molar-refractivity contribution is 0.0952. The summed E-state index contributed by atoms with van der Waals surface area (Å²) in [6.07, 6.45) is 10.4. The summed E-state index contributed by atoms with van der Waals surface area (Å²) in [6.45, 7) is 7.66. The molecule has 1 atom stereocenters. The highest BCUT2D eigenvalue weighted by Gasteiger charge is 2.16. The van der Waals surface area contributed by atoms with E-state index in [9.17, 15) is 4.79 Å². The van der Waals surface area contributed by atoms with Crippen LogP contribution in [0.3, 0.4) is 0 Å². The lowest BCUT2D eigenvalue weighted by Crippen LogP contribution is -2.27. The molecule has 0 saturated carbocycles. The van der Waals surface area contributed by atoms with Crippen molar-refractivity contribution in [2.24, 2.45) is 5.92 Å². The minimum atomic E-state index is -0.0247. The molecule has 4 heteroatoms. The summed E-state index contributed by atoms with van der Waals surface area (Å²) in [7, 11) is 0. The van der Waals surface area contributed by atoms with E-state index in [0.717, 1.165) is 35.0 Å². The van der Waals surface area contributed by atoms with Crippen molar-refractivity contribution in [2.45, 2.75) is 52.7 Å².